The van der Waals surface area contributed by atoms with E-state index in [9.17, 15) is 9.90 Å². The van der Waals surface area contributed by atoms with Gasteiger partial charge < -0.3 is 9.84 Å². The Morgan fingerprint density at radius 2 is 2.29 bits per heavy atom. The van der Waals surface area contributed by atoms with E-state index in [-0.39, 0.29) is 11.9 Å². The van der Waals surface area contributed by atoms with Crippen molar-refractivity contribution >= 4 is 5.97 Å². The van der Waals surface area contributed by atoms with E-state index in [1.165, 1.54) is 7.11 Å². The maximum absolute atomic E-state index is 11.2. The van der Waals surface area contributed by atoms with Crippen molar-refractivity contribution in [1.82, 2.24) is 4.90 Å². The molecule has 4 nitrogen and oxygen atoms in total. The first-order chi connectivity index (χ1) is 6.42. The van der Waals surface area contributed by atoms with Gasteiger partial charge in [-0.25, -0.2) is 0 Å². The molecule has 1 unspecified atom stereocenters. The van der Waals surface area contributed by atoms with Crippen LogP contribution < -0.4 is 0 Å². The van der Waals surface area contributed by atoms with Crippen molar-refractivity contribution in [2.75, 3.05) is 26.7 Å². The highest BCUT2D eigenvalue weighted by atomic mass is 16.5. The Morgan fingerprint density at radius 3 is 2.79 bits per heavy atom. The number of esters is 1. The Balaban J connectivity index is 2.38. The number of rotatable bonds is 3. The Hall–Kier alpha value is -0.610. The average Bonchev–Trinajstić information content (AvgIpc) is 2.48. The Kier molecular flexibility index (Phi) is 3.50. The molecule has 0 aromatic heterocycles. The molecule has 1 saturated heterocycles. The number of likely N-dealkylation sites (tertiary alicyclic amines) is 1. The third-order valence-corrected chi connectivity index (χ3v) is 2.42. The summed E-state index contributed by atoms with van der Waals surface area (Å²) in [6.07, 6.45) is 0.836. The topological polar surface area (TPSA) is 49.8 Å². The number of hydrogen-bond acceptors (Lipinski definition) is 4. The van der Waals surface area contributed by atoms with E-state index in [0.717, 1.165) is 13.0 Å². The van der Waals surface area contributed by atoms with E-state index in [2.05, 4.69) is 9.64 Å². The molecular weight excluding hydrogens is 182 g/mol. The lowest BCUT2D eigenvalue weighted by Crippen LogP contribution is -2.37. The molecule has 1 atom stereocenters. The first-order valence-electron chi connectivity index (χ1n) is 4.95. The highest BCUT2D eigenvalue weighted by molar-refractivity contribution is 5.72. The second-order valence-corrected chi connectivity index (χ2v) is 4.56. The quantitative estimate of drug-likeness (QED) is 0.665. The Bertz CT molecular complexity index is 210. The molecule has 0 amide bonds. The van der Waals surface area contributed by atoms with Gasteiger partial charge in [0.05, 0.1) is 18.6 Å². The minimum Gasteiger partial charge on any atom is -0.469 e. The molecule has 0 aromatic rings. The van der Waals surface area contributed by atoms with Gasteiger partial charge in [-0.2, -0.15) is 0 Å². The number of ether oxygens (including phenoxy) is 1. The zero-order valence-electron chi connectivity index (χ0n) is 9.12. The van der Waals surface area contributed by atoms with Gasteiger partial charge in [0.2, 0.25) is 0 Å². The summed E-state index contributed by atoms with van der Waals surface area (Å²) in [5.41, 5.74) is -0.689. The van der Waals surface area contributed by atoms with Gasteiger partial charge in [-0.05, 0) is 26.8 Å². The number of methoxy groups -OCH3 is 1. The second kappa shape index (κ2) is 4.28. The van der Waals surface area contributed by atoms with Crippen LogP contribution in [0.1, 0.15) is 20.3 Å². The third kappa shape index (κ3) is 3.27. The summed E-state index contributed by atoms with van der Waals surface area (Å²) < 4.78 is 4.68. The Labute approximate surface area is 84.8 Å². The van der Waals surface area contributed by atoms with Gasteiger partial charge in [-0.15, -0.1) is 0 Å². The molecule has 0 aliphatic carbocycles. The van der Waals surface area contributed by atoms with Gasteiger partial charge in [-0.1, -0.05) is 0 Å². The molecule has 1 N–H and O–H groups in total. The Morgan fingerprint density at radius 1 is 1.64 bits per heavy atom. The molecule has 0 bridgehead atoms. The fourth-order valence-electron chi connectivity index (χ4n) is 1.88. The molecule has 0 saturated carbocycles. The van der Waals surface area contributed by atoms with Gasteiger partial charge in [0.1, 0.15) is 0 Å². The van der Waals surface area contributed by atoms with Crippen LogP contribution in [-0.2, 0) is 9.53 Å². The van der Waals surface area contributed by atoms with Crippen molar-refractivity contribution in [2.24, 2.45) is 5.92 Å². The molecule has 0 aromatic carbocycles. The molecule has 14 heavy (non-hydrogen) atoms. The largest absolute Gasteiger partial charge is 0.469 e. The zero-order valence-corrected chi connectivity index (χ0v) is 9.12. The first-order valence-corrected chi connectivity index (χ1v) is 4.95. The molecule has 1 aliphatic heterocycles. The average molecular weight is 201 g/mol. The summed E-state index contributed by atoms with van der Waals surface area (Å²) in [6.45, 7) is 5.73. The third-order valence-electron chi connectivity index (χ3n) is 2.42. The number of hydrogen-bond donors (Lipinski definition) is 1. The number of carbonyl (C=O) groups is 1. The summed E-state index contributed by atoms with van der Waals surface area (Å²) >= 11 is 0. The number of nitrogens with zero attached hydrogens (tertiary/aromatic N) is 1. The highest BCUT2D eigenvalue weighted by Crippen LogP contribution is 2.19. The molecule has 4 heteroatoms. The van der Waals surface area contributed by atoms with E-state index >= 15 is 0 Å². The molecule has 1 rings (SSSR count). The van der Waals surface area contributed by atoms with Crippen molar-refractivity contribution in [3.8, 4) is 0 Å². The summed E-state index contributed by atoms with van der Waals surface area (Å²) in [5.74, 6) is -0.148. The van der Waals surface area contributed by atoms with E-state index in [1.807, 2.05) is 0 Å². The van der Waals surface area contributed by atoms with Gasteiger partial charge in [0.25, 0.3) is 0 Å². The molecule has 0 spiro atoms. The van der Waals surface area contributed by atoms with E-state index < -0.39 is 5.60 Å². The fourth-order valence-corrected chi connectivity index (χ4v) is 1.88. The molecule has 1 heterocycles. The van der Waals surface area contributed by atoms with Gasteiger partial charge in [-0.3, -0.25) is 9.69 Å². The standard InChI is InChI=1S/C10H19NO3/c1-10(2,13)7-11-5-4-8(6-11)9(12)14-3/h8,13H,4-7H2,1-3H3. The zero-order chi connectivity index (χ0) is 10.8. The number of carbonyl (C=O) groups excluding carboxylic acids is 1. The van der Waals surface area contributed by atoms with Gasteiger partial charge in [0, 0.05) is 13.1 Å². The monoisotopic (exact) mass is 201 g/mol. The fraction of sp³-hybridized carbons (Fsp3) is 0.900. The lowest BCUT2D eigenvalue weighted by atomic mass is 10.1. The predicted molar refractivity (Wildman–Crippen MR) is 52.9 cm³/mol. The van der Waals surface area contributed by atoms with Crippen molar-refractivity contribution in [3.05, 3.63) is 0 Å². The maximum Gasteiger partial charge on any atom is 0.310 e. The van der Waals surface area contributed by atoms with Crippen LogP contribution >= 0.6 is 0 Å². The number of aliphatic hydroxyl groups is 1. The molecule has 1 fully saturated rings. The summed E-state index contributed by atoms with van der Waals surface area (Å²) in [7, 11) is 1.42. The summed E-state index contributed by atoms with van der Waals surface area (Å²) in [5, 5.41) is 9.60. The number of β-amino-alcohol motifs (C(OH)–C–C–N with tert-alkyl or cyclic N) is 1. The van der Waals surface area contributed by atoms with Crippen LogP contribution in [0.15, 0.2) is 0 Å². The van der Waals surface area contributed by atoms with Crippen LogP contribution in [-0.4, -0.2) is 48.3 Å². The van der Waals surface area contributed by atoms with Crippen molar-refractivity contribution in [1.29, 1.82) is 0 Å². The first kappa shape index (κ1) is 11.5. The second-order valence-electron chi connectivity index (χ2n) is 4.56. The predicted octanol–water partition coefficient (Wildman–Crippen LogP) is 0.252. The van der Waals surface area contributed by atoms with Crippen LogP contribution in [0.25, 0.3) is 0 Å². The van der Waals surface area contributed by atoms with E-state index in [0.29, 0.717) is 13.1 Å². The maximum atomic E-state index is 11.2. The highest BCUT2D eigenvalue weighted by Gasteiger charge is 2.31. The van der Waals surface area contributed by atoms with Crippen LogP contribution in [0, 0.1) is 5.92 Å². The lowest BCUT2D eigenvalue weighted by Gasteiger charge is -2.24. The van der Waals surface area contributed by atoms with Crippen molar-refractivity contribution < 1.29 is 14.6 Å². The summed E-state index contributed by atoms with van der Waals surface area (Å²) in [4.78, 5) is 13.3. The molecular formula is C10H19NO3. The van der Waals surface area contributed by atoms with Crippen LogP contribution in [0.5, 0.6) is 0 Å². The SMILES string of the molecule is COC(=O)C1CCN(CC(C)(C)O)C1. The normalized spacial score (nSPS) is 23.9. The van der Waals surface area contributed by atoms with E-state index in [4.69, 9.17) is 0 Å². The van der Waals surface area contributed by atoms with Crippen LogP contribution in [0.3, 0.4) is 0 Å². The summed E-state index contributed by atoms with van der Waals surface area (Å²) in [6, 6.07) is 0. The molecule has 0 radical (unpaired) electrons. The van der Waals surface area contributed by atoms with Gasteiger partial charge >= 0.3 is 5.97 Å². The van der Waals surface area contributed by atoms with Crippen LogP contribution in [0.2, 0.25) is 0 Å². The van der Waals surface area contributed by atoms with Gasteiger partial charge in [0.15, 0.2) is 0 Å². The lowest BCUT2D eigenvalue weighted by molar-refractivity contribution is -0.145. The molecule has 1 aliphatic rings. The van der Waals surface area contributed by atoms with Crippen LogP contribution in [0.4, 0.5) is 0 Å². The van der Waals surface area contributed by atoms with Crippen molar-refractivity contribution in [2.45, 2.75) is 25.9 Å². The smallest absolute Gasteiger partial charge is 0.310 e. The minimum absolute atomic E-state index is 0.0117. The molecule has 82 valence electrons. The van der Waals surface area contributed by atoms with E-state index in [1.54, 1.807) is 13.8 Å². The minimum atomic E-state index is -0.689. The van der Waals surface area contributed by atoms with Crippen molar-refractivity contribution in [3.63, 3.8) is 0 Å².